The Morgan fingerprint density at radius 2 is 2.20 bits per heavy atom. The summed E-state index contributed by atoms with van der Waals surface area (Å²) in [7, 11) is -2.01. The van der Waals surface area contributed by atoms with Crippen molar-refractivity contribution in [3.05, 3.63) is 46.8 Å². The van der Waals surface area contributed by atoms with Gasteiger partial charge in [0.2, 0.25) is 10.0 Å². The molecule has 0 saturated carbocycles. The third kappa shape index (κ3) is 3.96. The number of hydrogen-bond donors (Lipinski definition) is 1. The van der Waals surface area contributed by atoms with E-state index in [-0.39, 0.29) is 18.1 Å². The van der Waals surface area contributed by atoms with E-state index >= 15 is 0 Å². The summed E-state index contributed by atoms with van der Waals surface area (Å²) in [5, 5.41) is 3.97. The second-order valence-corrected chi connectivity index (χ2v) is 6.26. The molecule has 0 spiro atoms. The Bertz CT molecular complexity index is 671. The molecular weight excluding hydrogens is 304 g/mol. The molecule has 0 atom stereocenters. The molecule has 1 aromatic heterocycles. The highest BCUT2D eigenvalue weighted by Gasteiger charge is 2.15. The Morgan fingerprint density at radius 3 is 2.85 bits per heavy atom. The normalized spacial score (nSPS) is 11.5. The predicted molar refractivity (Wildman–Crippen MR) is 74.0 cm³/mol. The number of hydrogen-bond acceptors (Lipinski definition) is 5. The first kappa shape index (κ1) is 14.8. The standard InChI is InChI=1S/C12H13ClN2O4S/c1-18-12-3-2-10(13)6-9(12)7-15-20(16,17)8-11-4-5-14-19-11/h2-6,15H,7-8H2,1H3. The first-order chi connectivity index (χ1) is 9.50. The summed E-state index contributed by atoms with van der Waals surface area (Å²) in [6.07, 6.45) is 1.39. The van der Waals surface area contributed by atoms with E-state index in [0.717, 1.165) is 0 Å². The van der Waals surface area contributed by atoms with E-state index in [1.54, 1.807) is 18.2 Å². The van der Waals surface area contributed by atoms with Crippen molar-refractivity contribution in [1.82, 2.24) is 9.88 Å². The topological polar surface area (TPSA) is 81.4 Å². The highest BCUT2D eigenvalue weighted by atomic mass is 35.5. The molecule has 0 aliphatic heterocycles. The minimum atomic E-state index is -3.52. The number of aromatic nitrogens is 1. The molecule has 0 saturated heterocycles. The summed E-state index contributed by atoms with van der Waals surface area (Å²) in [4.78, 5) is 0. The molecule has 8 heteroatoms. The molecule has 1 heterocycles. The van der Waals surface area contributed by atoms with Gasteiger partial charge in [0.25, 0.3) is 0 Å². The van der Waals surface area contributed by atoms with Gasteiger partial charge in [-0.15, -0.1) is 0 Å². The lowest BCUT2D eigenvalue weighted by Crippen LogP contribution is -2.24. The van der Waals surface area contributed by atoms with E-state index in [2.05, 4.69) is 9.88 Å². The van der Waals surface area contributed by atoms with E-state index in [1.165, 1.54) is 19.4 Å². The molecule has 0 amide bonds. The van der Waals surface area contributed by atoms with Crippen molar-refractivity contribution in [2.24, 2.45) is 0 Å². The summed E-state index contributed by atoms with van der Waals surface area (Å²) in [5.74, 6) is 0.572. The monoisotopic (exact) mass is 316 g/mol. The minimum absolute atomic E-state index is 0.0835. The highest BCUT2D eigenvalue weighted by molar-refractivity contribution is 7.88. The van der Waals surface area contributed by atoms with E-state index in [4.69, 9.17) is 20.9 Å². The second kappa shape index (κ2) is 6.25. The van der Waals surface area contributed by atoms with Crippen LogP contribution in [-0.4, -0.2) is 20.7 Å². The average Bonchev–Trinajstić information content (AvgIpc) is 2.89. The summed E-state index contributed by atoms with van der Waals surface area (Å²) in [6.45, 7) is 0.0835. The van der Waals surface area contributed by atoms with Crippen LogP contribution in [0.4, 0.5) is 0 Å². The number of benzene rings is 1. The van der Waals surface area contributed by atoms with Crippen molar-refractivity contribution in [2.45, 2.75) is 12.3 Å². The smallest absolute Gasteiger partial charge is 0.219 e. The zero-order valence-corrected chi connectivity index (χ0v) is 12.2. The zero-order valence-electron chi connectivity index (χ0n) is 10.7. The van der Waals surface area contributed by atoms with Gasteiger partial charge >= 0.3 is 0 Å². The van der Waals surface area contributed by atoms with Crippen LogP contribution in [0.25, 0.3) is 0 Å². The highest BCUT2D eigenvalue weighted by Crippen LogP contribution is 2.22. The quantitative estimate of drug-likeness (QED) is 0.881. The largest absolute Gasteiger partial charge is 0.496 e. The van der Waals surface area contributed by atoms with Gasteiger partial charge in [0.05, 0.1) is 13.3 Å². The average molecular weight is 317 g/mol. The van der Waals surface area contributed by atoms with Gasteiger partial charge in [0.1, 0.15) is 11.5 Å². The number of methoxy groups -OCH3 is 1. The second-order valence-electron chi connectivity index (χ2n) is 4.02. The van der Waals surface area contributed by atoms with Gasteiger partial charge in [0, 0.05) is 23.2 Å². The number of ether oxygens (including phenoxy) is 1. The minimum Gasteiger partial charge on any atom is -0.496 e. The number of nitrogens with one attached hydrogen (secondary N) is 1. The molecule has 108 valence electrons. The van der Waals surface area contributed by atoms with Crippen molar-refractivity contribution < 1.29 is 17.7 Å². The fourth-order valence-corrected chi connectivity index (χ4v) is 2.82. The summed E-state index contributed by atoms with van der Waals surface area (Å²) >= 11 is 5.88. The van der Waals surface area contributed by atoms with Gasteiger partial charge < -0.3 is 9.26 Å². The maximum absolute atomic E-state index is 11.9. The van der Waals surface area contributed by atoms with Crippen LogP contribution in [0.5, 0.6) is 5.75 Å². The van der Waals surface area contributed by atoms with Crippen LogP contribution in [0.2, 0.25) is 5.02 Å². The molecule has 0 radical (unpaired) electrons. The predicted octanol–water partition coefficient (Wildman–Crippen LogP) is 1.96. The lowest BCUT2D eigenvalue weighted by molar-refractivity contribution is 0.392. The molecule has 0 unspecified atom stereocenters. The van der Waals surface area contributed by atoms with Crippen LogP contribution in [0.15, 0.2) is 35.0 Å². The molecule has 0 fully saturated rings. The van der Waals surface area contributed by atoms with Gasteiger partial charge in [-0.2, -0.15) is 0 Å². The molecule has 2 rings (SSSR count). The molecular formula is C12H13ClN2O4S. The Labute approximate surface area is 121 Å². The van der Waals surface area contributed by atoms with E-state index < -0.39 is 10.0 Å². The third-order valence-electron chi connectivity index (χ3n) is 2.55. The van der Waals surface area contributed by atoms with Gasteiger partial charge in [-0.25, -0.2) is 13.1 Å². The van der Waals surface area contributed by atoms with Gasteiger partial charge in [-0.1, -0.05) is 16.8 Å². The molecule has 2 aromatic rings. The number of rotatable bonds is 6. The van der Waals surface area contributed by atoms with Crippen molar-refractivity contribution in [3.8, 4) is 5.75 Å². The Balaban J connectivity index is 2.06. The van der Waals surface area contributed by atoms with Gasteiger partial charge in [-0.05, 0) is 18.2 Å². The zero-order chi connectivity index (χ0) is 14.6. The van der Waals surface area contributed by atoms with Crippen molar-refractivity contribution >= 4 is 21.6 Å². The number of nitrogens with zero attached hydrogens (tertiary/aromatic N) is 1. The fourth-order valence-electron chi connectivity index (χ4n) is 1.63. The van der Waals surface area contributed by atoms with Crippen LogP contribution >= 0.6 is 11.6 Å². The molecule has 0 aliphatic rings. The summed E-state index contributed by atoms with van der Waals surface area (Å²) in [5.41, 5.74) is 0.654. The van der Waals surface area contributed by atoms with E-state index in [9.17, 15) is 8.42 Å². The molecule has 20 heavy (non-hydrogen) atoms. The maximum Gasteiger partial charge on any atom is 0.219 e. The van der Waals surface area contributed by atoms with Crippen LogP contribution in [0, 0.1) is 0 Å². The Morgan fingerprint density at radius 1 is 1.40 bits per heavy atom. The first-order valence-corrected chi connectivity index (χ1v) is 7.72. The molecule has 1 N–H and O–H groups in total. The number of halogens is 1. The lowest BCUT2D eigenvalue weighted by atomic mass is 10.2. The lowest BCUT2D eigenvalue weighted by Gasteiger charge is -2.10. The van der Waals surface area contributed by atoms with Crippen molar-refractivity contribution in [2.75, 3.05) is 7.11 Å². The van der Waals surface area contributed by atoms with Crippen LogP contribution in [0.1, 0.15) is 11.3 Å². The first-order valence-electron chi connectivity index (χ1n) is 5.69. The third-order valence-corrected chi connectivity index (χ3v) is 4.03. The van der Waals surface area contributed by atoms with Crippen LogP contribution in [0.3, 0.4) is 0 Å². The van der Waals surface area contributed by atoms with E-state index in [0.29, 0.717) is 16.3 Å². The Hall–Kier alpha value is -1.57. The molecule has 0 bridgehead atoms. The van der Waals surface area contributed by atoms with Crippen LogP contribution < -0.4 is 9.46 Å². The van der Waals surface area contributed by atoms with Gasteiger partial charge in [0.15, 0.2) is 5.76 Å². The summed E-state index contributed by atoms with van der Waals surface area (Å²) < 4.78 is 36.1. The van der Waals surface area contributed by atoms with E-state index in [1.807, 2.05) is 0 Å². The fraction of sp³-hybridized carbons (Fsp3) is 0.250. The number of sulfonamides is 1. The maximum atomic E-state index is 11.9. The SMILES string of the molecule is COc1ccc(Cl)cc1CNS(=O)(=O)Cc1ccno1. The molecule has 6 nitrogen and oxygen atoms in total. The van der Waals surface area contributed by atoms with Gasteiger partial charge in [-0.3, -0.25) is 0 Å². The Kier molecular flexibility index (Phi) is 4.64. The van der Waals surface area contributed by atoms with Crippen molar-refractivity contribution in [1.29, 1.82) is 0 Å². The summed E-state index contributed by atoms with van der Waals surface area (Å²) in [6, 6.07) is 6.51. The molecule has 0 aliphatic carbocycles. The van der Waals surface area contributed by atoms with Crippen LogP contribution in [-0.2, 0) is 22.3 Å². The van der Waals surface area contributed by atoms with Crippen molar-refractivity contribution in [3.63, 3.8) is 0 Å². The molecule has 1 aromatic carbocycles.